The van der Waals surface area contributed by atoms with Gasteiger partial charge in [0.2, 0.25) is 0 Å². The van der Waals surface area contributed by atoms with Crippen LogP contribution in [0.1, 0.15) is 62.4 Å². The molecule has 2 unspecified atom stereocenters. The highest BCUT2D eigenvalue weighted by atomic mass is 35.5. The van der Waals surface area contributed by atoms with Crippen LogP contribution in [-0.4, -0.2) is 31.6 Å². The standard InChI is InChI=1S/C26H30ClN3O4/c1-4-5-10-23-29-16-22(30(23)17-20-8-6-7-9-21(20)27)24(34-18(2)31)26(3,25(32)33)15-19-11-13-28-14-12-19/h6-9,11-14,16,24H,4-5,10,15,17H2,1-3H3,(H,32,33). The minimum Gasteiger partial charge on any atom is -0.481 e. The third kappa shape index (κ3) is 5.83. The molecule has 7 nitrogen and oxygen atoms in total. The number of aryl methyl sites for hydroxylation is 1. The van der Waals surface area contributed by atoms with Gasteiger partial charge in [0.1, 0.15) is 11.2 Å². The fourth-order valence-electron chi connectivity index (χ4n) is 4.04. The van der Waals surface area contributed by atoms with Crippen LogP contribution >= 0.6 is 11.6 Å². The molecule has 1 N–H and O–H groups in total. The summed E-state index contributed by atoms with van der Waals surface area (Å²) in [5.74, 6) is -0.838. The molecule has 180 valence electrons. The third-order valence-corrected chi connectivity index (χ3v) is 6.32. The molecule has 0 fully saturated rings. The quantitative estimate of drug-likeness (QED) is 0.374. The number of pyridine rings is 1. The molecule has 0 spiro atoms. The fourth-order valence-corrected chi connectivity index (χ4v) is 4.24. The average molecular weight is 484 g/mol. The van der Waals surface area contributed by atoms with Crippen LogP contribution in [-0.2, 0) is 33.7 Å². The molecule has 0 saturated heterocycles. The van der Waals surface area contributed by atoms with E-state index in [1.54, 1.807) is 37.6 Å². The summed E-state index contributed by atoms with van der Waals surface area (Å²) in [5.41, 5.74) is 0.724. The number of benzene rings is 1. The van der Waals surface area contributed by atoms with Crippen LogP contribution in [0.25, 0.3) is 0 Å². The van der Waals surface area contributed by atoms with E-state index in [9.17, 15) is 14.7 Å². The van der Waals surface area contributed by atoms with Crippen molar-refractivity contribution in [3.8, 4) is 0 Å². The van der Waals surface area contributed by atoms with Crippen molar-refractivity contribution in [3.63, 3.8) is 0 Å². The van der Waals surface area contributed by atoms with Gasteiger partial charge in [0.25, 0.3) is 0 Å². The number of ether oxygens (including phenoxy) is 1. The number of hydrogen-bond acceptors (Lipinski definition) is 5. The maximum atomic E-state index is 12.7. The zero-order valence-electron chi connectivity index (χ0n) is 19.7. The van der Waals surface area contributed by atoms with Crippen molar-refractivity contribution in [2.24, 2.45) is 5.41 Å². The Labute approximate surface area is 204 Å². The van der Waals surface area contributed by atoms with E-state index in [1.165, 1.54) is 6.92 Å². The lowest BCUT2D eigenvalue weighted by molar-refractivity contribution is -0.168. The molecule has 34 heavy (non-hydrogen) atoms. The first-order chi connectivity index (χ1) is 16.3. The number of unbranched alkanes of at least 4 members (excludes halogenated alkanes) is 1. The number of aromatic nitrogens is 3. The molecule has 0 aliphatic carbocycles. The van der Waals surface area contributed by atoms with E-state index in [4.69, 9.17) is 16.3 Å². The highest BCUT2D eigenvalue weighted by Crippen LogP contribution is 2.41. The van der Waals surface area contributed by atoms with Crippen LogP contribution in [0.4, 0.5) is 0 Å². The Morgan fingerprint density at radius 3 is 2.53 bits per heavy atom. The number of hydrogen-bond donors (Lipinski definition) is 1. The number of carboxylic acids is 1. The summed E-state index contributed by atoms with van der Waals surface area (Å²) in [5, 5.41) is 11.0. The SMILES string of the molecule is CCCCc1ncc(C(OC(C)=O)C(C)(Cc2ccncc2)C(=O)O)n1Cc1ccccc1Cl. The molecule has 2 atom stereocenters. The van der Waals surface area contributed by atoms with Crippen molar-refractivity contribution in [1.29, 1.82) is 0 Å². The van der Waals surface area contributed by atoms with Crippen LogP contribution in [0.15, 0.2) is 55.0 Å². The van der Waals surface area contributed by atoms with Gasteiger partial charge < -0.3 is 14.4 Å². The van der Waals surface area contributed by atoms with Crippen molar-refractivity contribution in [2.75, 3.05) is 0 Å². The Morgan fingerprint density at radius 2 is 1.91 bits per heavy atom. The van der Waals surface area contributed by atoms with Crippen LogP contribution in [0.2, 0.25) is 5.02 Å². The maximum absolute atomic E-state index is 12.7. The Hall–Kier alpha value is -3.19. The lowest BCUT2D eigenvalue weighted by atomic mass is 9.77. The molecule has 2 heterocycles. The number of halogens is 1. The molecule has 8 heteroatoms. The largest absolute Gasteiger partial charge is 0.481 e. The van der Waals surface area contributed by atoms with Gasteiger partial charge in [-0.05, 0) is 49.1 Å². The predicted octanol–water partition coefficient (Wildman–Crippen LogP) is 5.26. The Balaban J connectivity index is 2.13. The highest BCUT2D eigenvalue weighted by Gasteiger charge is 2.46. The minimum absolute atomic E-state index is 0.143. The lowest BCUT2D eigenvalue weighted by Gasteiger charge is -2.34. The normalized spacial score (nSPS) is 13.8. The van der Waals surface area contributed by atoms with E-state index in [0.717, 1.165) is 29.8 Å². The monoisotopic (exact) mass is 483 g/mol. The number of esters is 1. The fraction of sp³-hybridized carbons (Fsp3) is 0.385. The molecule has 0 amide bonds. The topological polar surface area (TPSA) is 94.3 Å². The number of carbonyl (C=O) groups excluding carboxylic acids is 1. The van der Waals surface area contributed by atoms with Gasteiger partial charge in [-0.2, -0.15) is 0 Å². The van der Waals surface area contributed by atoms with E-state index in [-0.39, 0.29) is 6.42 Å². The van der Waals surface area contributed by atoms with Gasteiger partial charge in [-0.15, -0.1) is 0 Å². The Bertz CT molecular complexity index is 1130. The molecule has 0 aliphatic heterocycles. The van der Waals surface area contributed by atoms with E-state index >= 15 is 0 Å². The molecule has 0 aliphatic rings. The van der Waals surface area contributed by atoms with Crippen molar-refractivity contribution in [3.05, 3.63) is 82.7 Å². The molecular formula is C26H30ClN3O4. The first-order valence-electron chi connectivity index (χ1n) is 11.3. The van der Waals surface area contributed by atoms with Crippen molar-refractivity contribution in [2.45, 2.75) is 59.1 Å². The molecule has 2 aromatic heterocycles. The van der Waals surface area contributed by atoms with E-state index in [2.05, 4.69) is 16.9 Å². The molecule has 1 aromatic carbocycles. The predicted molar refractivity (Wildman–Crippen MR) is 130 cm³/mol. The van der Waals surface area contributed by atoms with Crippen LogP contribution in [0.5, 0.6) is 0 Å². The van der Waals surface area contributed by atoms with Crippen molar-refractivity contribution < 1.29 is 19.4 Å². The number of imidazole rings is 1. The van der Waals surface area contributed by atoms with Gasteiger partial charge in [0, 0.05) is 30.8 Å². The summed E-state index contributed by atoms with van der Waals surface area (Å²) in [6, 6.07) is 11.0. The van der Waals surface area contributed by atoms with Gasteiger partial charge in [-0.3, -0.25) is 14.6 Å². The molecule has 0 bridgehead atoms. The van der Waals surface area contributed by atoms with Gasteiger partial charge in [0.15, 0.2) is 6.10 Å². The average Bonchev–Trinajstić information content (AvgIpc) is 3.19. The number of nitrogens with zero attached hydrogens (tertiary/aromatic N) is 3. The van der Waals surface area contributed by atoms with E-state index in [0.29, 0.717) is 23.7 Å². The van der Waals surface area contributed by atoms with Crippen molar-refractivity contribution in [1.82, 2.24) is 14.5 Å². The summed E-state index contributed by atoms with van der Waals surface area (Å²) in [6.45, 7) is 5.37. The summed E-state index contributed by atoms with van der Waals surface area (Å²) in [6.07, 6.45) is 6.54. The van der Waals surface area contributed by atoms with Crippen LogP contribution in [0, 0.1) is 5.41 Å². The first-order valence-corrected chi connectivity index (χ1v) is 11.7. The van der Waals surface area contributed by atoms with E-state index < -0.39 is 23.5 Å². The maximum Gasteiger partial charge on any atom is 0.313 e. The molecular weight excluding hydrogens is 454 g/mol. The van der Waals surface area contributed by atoms with Gasteiger partial charge >= 0.3 is 11.9 Å². The highest BCUT2D eigenvalue weighted by molar-refractivity contribution is 6.31. The molecule has 3 rings (SSSR count). The molecule has 3 aromatic rings. The zero-order chi connectivity index (χ0) is 24.7. The lowest BCUT2D eigenvalue weighted by Crippen LogP contribution is -2.40. The third-order valence-electron chi connectivity index (χ3n) is 5.95. The van der Waals surface area contributed by atoms with E-state index in [1.807, 2.05) is 28.8 Å². The van der Waals surface area contributed by atoms with Crippen molar-refractivity contribution >= 4 is 23.5 Å². The number of carboxylic acid groups (broad SMARTS) is 1. The van der Waals surface area contributed by atoms with Crippen LogP contribution in [0.3, 0.4) is 0 Å². The second-order valence-electron chi connectivity index (χ2n) is 8.62. The summed E-state index contributed by atoms with van der Waals surface area (Å²) < 4.78 is 7.67. The van der Waals surface area contributed by atoms with Gasteiger partial charge in [0.05, 0.1) is 18.4 Å². The summed E-state index contributed by atoms with van der Waals surface area (Å²) >= 11 is 6.44. The zero-order valence-corrected chi connectivity index (χ0v) is 20.5. The van der Waals surface area contributed by atoms with Gasteiger partial charge in [-0.25, -0.2) is 4.98 Å². The Morgan fingerprint density at radius 1 is 1.21 bits per heavy atom. The second kappa shape index (κ2) is 11.3. The Kier molecular flexibility index (Phi) is 8.45. The van der Waals surface area contributed by atoms with Gasteiger partial charge in [-0.1, -0.05) is 43.1 Å². The second-order valence-corrected chi connectivity index (χ2v) is 9.03. The first kappa shape index (κ1) is 25.4. The smallest absolute Gasteiger partial charge is 0.313 e. The molecule has 0 saturated carbocycles. The minimum atomic E-state index is -1.45. The number of aliphatic carboxylic acids is 1. The van der Waals surface area contributed by atoms with Crippen LogP contribution < -0.4 is 0 Å². The summed E-state index contributed by atoms with van der Waals surface area (Å²) in [4.78, 5) is 33.5. The number of rotatable bonds is 11. The summed E-state index contributed by atoms with van der Waals surface area (Å²) in [7, 11) is 0. The molecule has 0 radical (unpaired) electrons. The number of carbonyl (C=O) groups is 2.